The van der Waals surface area contributed by atoms with Crippen LogP contribution in [0.1, 0.15) is 64.9 Å². The third kappa shape index (κ3) is 6.42. The molecule has 5 heteroatoms. The second-order valence-electron chi connectivity index (χ2n) is 7.22. The molecule has 1 atom stereocenters. The third-order valence-electron chi connectivity index (χ3n) is 4.89. The van der Waals surface area contributed by atoms with Crippen molar-refractivity contribution in [1.29, 1.82) is 0 Å². The molecule has 1 aromatic heterocycles. The highest BCUT2D eigenvalue weighted by Crippen LogP contribution is 2.22. The first-order valence-corrected chi connectivity index (χ1v) is 10.1. The molecule has 2 aromatic rings. The first kappa shape index (κ1) is 21.0. The number of benzene rings is 1. The van der Waals surface area contributed by atoms with Gasteiger partial charge in [0.2, 0.25) is 5.88 Å². The van der Waals surface area contributed by atoms with E-state index in [-0.39, 0.29) is 11.4 Å². The van der Waals surface area contributed by atoms with Crippen LogP contribution in [-0.4, -0.2) is 21.7 Å². The summed E-state index contributed by atoms with van der Waals surface area (Å²) in [4.78, 5) is 19.3. The van der Waals surface area contributed by atoms with E-state index >= 15 is 0 Å². The van der Waals surface area contributed by atoms with Crippen molar-refractivity contribution in [3.05, 3.63) is 40.2 Å². The second-order valence-corrected chi connectivity index (χ2v) is 7.22. The van der Waals surface area contributed by atoms with Crippen LogP contribution in [0.5, 0.6) is 11.6 Å². The number of aromatic hydroxyl groups is 1. The molecule has 5 nitrogen and oxygen atoms in total. The zero-order valence-corrected chi connectivity index (χ0v) is 16.8. The molecule has 0 bridgehead atoms. The molecule has 1 aromatic carbocycles. The van der Waals surface area contributed by atoms with Gasteiger partial charge in [0, 0.05) is 5.56 Å². The van der Waals surface area contributed by atoms with Gasteiger partial charge in [-0.05, 0) is 43.0 Å². The summed E-state index contributed by atoms with van der Waals surface area (Å²) in [7, 11) is 0. The number of rotatable bonds is 11. The summed E-state index contributed by atoms with van der Waals surface area (Å²) in [5.41, 5.74) is 0.828. The number of nitrogens with zero attached hydrogens (tertiary/aromatic N) is 1. The number of hydrogen-bond donors (Lipinski definition) is 2. The van der Waals surface area contributed by atoms with E-state index in [0.29, 0.717) is 30.3 Å². The molecule has 0 saturated heterocycles. The predicted octanol–water partition coefficient (Wildman–Crippen LogP) is 5.08. The van der Waals surface area contributed by atoms with Crippen molar-refractivity contribution in [2.24, 2.45) is 5.92 Å². The molecule has 0 amide bonds. The summed E-state index contributed by atoms with van der Waals surface area (Å²) in [6.45, 7) is 7.03. The lowest BCUT2D eigenvalue weighted by atomic mass is 10.0. The van der Waals surface area contributed by atoms with Crippen LogP contribution in [0, 0.1) is 5.92 Å². The van der Waals surface area contributed by atoms with E-state index in [1.807, 2.05) is 24.3 Å². The van der Waals surface area contributed by atoms with Crippen molar-refractivity contribution in [2.45, 2.75) is 65.7 Å². The molecule has 0 saturated carbocycles. The van der Waals surface area contributed by atoms with Gasteiger partial charge in [-0.3, -0.25) is 4.79 Å². The van der Waals surface area contributed by atoms with Gasteiger partial charge >= 0.3 is 0 Å². The number of aromatic nitrogens is 2. The lowest BCUT2D eigenvalue weighted by Gasteiger charge is -2.10. The van der Waals surface area contributed by atoms with E-state index < -0.39 is 0 Å². The molecular formula is C22H32N2O3. The van der Waals surface area contributed by atoms with Crippen LogP contribution in [0.2, 0.25) is 0 Å². The molecule has 0 aliphatic heterocycles. The minimum absolute atomic E-state index is 0.179. The molecule has 148 valence electrons. The number of unbranched alkanes of at least 4 members (excludes halogenated alkanes) is 4. The Morgan fingerprint density at radius 3 is 2.44 bits per heavy atom. The summed E-state index contributed by atoms with van der Waals surface area (Å²) in [5, 5.41) is 10.2. The second kappa shape index (κ2) is 10.8. The van der Waals surface area contributed by atoms with Crippen LogP contribution in [0.3, 0.4) is 0 Å². The Kier molecular flexibility index (Phi) is 8.37. The summed E-state index contributed by atoms with van der Waals surface area (Å²) in [5.74, 6) is 1.32. The fraction of sp³-hybridized carbons (Fsp3) is 0.545. The lowest BCUT2D eigenvalue weighted by molar-refractivity contribution is 0.304. The fourth-order valence-electron chi connectivity index (χ4n) is 2.90. The van der Waals surface area contributed by atoms with Crippen LogP contribution in [0.15, 0.2) is 29.1 Å². The van der Waals surface area contributed by atoms with Crippen molar-refractivity contribution in [3.8, 4) is 23.0 Å². The highest BCUT2D eigenvalue weighted by Gasteiger charge is 2.14. The van der Waals surface area contributed by atoms with Gasteiger partial charge in [0.25, 0.3) is 5.56 Å². The number of hydrogen-bond acceptors (Lipinski definition) is 4. The van der Waals surface area contributed by atoms with Crippen molar-refractivity contribution in [1.82, 2.24) is 9.97 Å². The maximum atomic E-state index is 12.3. The molecule has 0 spiro atoms. The van der Waals surface area contributed by atoms with Gasteiger partial charge in [-0.25, -0.2) is 0 Å². The van der Waals surface area contributed by atoms with Crippen LogP contribution in [0.25, 0.3) is 11.4 Å². The summed E-state index contributed by atoms with van der Waals surface area (Å²) < 4.78 is 5.76. The van der Waals surface area contributed by atoms with Crippen LogP contribution in [-0.2, 0) is 6.42 Å². The van der Waals surface area contributed by atoms with E-state index in [2.05, 4.69) is 30.7 Å². The van der Waals surface area contributed by atoms with Gasteiger partial charge in [0.05, 0.1) is 12.2 Å². The standard InChI is InChI=1S/C22H32N2O3/c1-4-6-7-8-9-14-27-18-12-10-17(11-13-18)20-23-21(25)19(22(26)24-20)15-16(3)5-2/h10-13,16H,4-9,14-15H2,1-3H3,(H2,23,24,25,26)/t16-/m0/s1. The number of aromatic amines is 1. The predicted molar refractivity (Wildman–Crippen MR) is 109 cm³/mol. The fourth-order valence-corrected chi connectivity index (χ4v) is 2.90. The number of H-pyrrole nitrogens is 1. The monoisotopic (exact) mass is 372 g/mol. The Morgan fingerprint density at radius 2 is 1.81 bits per heavy atom. The summed E-state index contributed by atoms with van der Waals surface area (Å²) in [6.07, 6.45) is 7.50. The van der Waals surface area contributed by atoms with Crippen molar-refractivity contribution < 1.29 is 9.84 Å². The first-order valence-electron chi connectivity index (χ1n) is 10.1. The topological polar surface area (TPSA) is 75.2 Å². The van der Waals surface area contributed by atoms with Gasteiger partial charge in [-0.15, -0.1) is 0 Å². The molecule has 2 N–H and O–H groups in total. The van der Waals surface area contributed by atoms with Gasteiger partial charge < -0.3 is 14.8 Å². The minimum Gasteiger partial charge on any atom is -0.494 e. The molecule has 1 heterocycles. The van der Waals surface area contributed by atoms with Gasteiger partial charge in [-0.1, -0.05) is 52.9 Å². The highest BCUT2D eigenvalue weighted by atomic mass is 16.5. The van der Waals surface area contributed by atoms with Gasteiger partial charge in [0.15, 0.2) is 0 Å². The largest absolute Gasteiger partial charge is 0.494 e. The van der Waals surface area contributed by atoms with E-state index in [9.17, 15) is 9.90 Å². The summed E-state index contributed by atoms with van der Waals surface area (Å²) >= 11 is 0. The van der Waals surface area contributed by atoms with E-state index in [1.165, 1.54) is 25.7 Å². The molecule has 0 aliphatic carbocycles. The van der Waals surface area contributed by atoms with Crippen LogP contribution in [0.4, 0.5) is 0 Å². The summed E-state index contributed by atoms with van der Waals surface area (Å²) in [6, 6.07) is 7.42. The number of ether oxygens (including phenoxy) is 1. The molecule has 27 heavy (non-hydrogen) atoms. The van der Waals surface area contributed by atoms with E-state index in [1.54, 1.807) is 0 Å². The zero-order valence-electron chi connectivity index (χ0n) is 16.8. The molecule has 0 unspecified atom stereocenters. The molecule has 0 fully saturated rings. The maximum absolute atomic E-state index is 12.3. The zero-order chi connectivity index (χ0) is 19.6. The highest BCUT2D eigenvalue weighted by molar-refractivity contribution is 5.57. The van der Waals surface area contributed by atoms with Crippen molar-refractivity contribution >= 4 is 0 Å². The quantitative estimate of drug-likeness (QED) is 0.539. The minimum atomic E-state index is -0.273. The van der Waals surface area contributed by atoms with Crippen LogP contribution >= 0.6 is 0 Å². The van der Waals surface area contributed by atoms with Crippen LogP contribution < -0.4 is 10.3 Å². The Morgan fingerprint density at radius 1 is 1.11 bits per heavy atom. The Labute approximate surface area is 161 Å². The maximum Gasteiger partial charge on any atom is 0.258 e. The smallest absolute Gasteiger partial charge is 0.258 e. The third-order valence-corrected chi connectivity index (χ3v) is 4.89. The Balaban J connectivity index is 1.99. The van der Waals surface area contributed by atoms with Gasteiger partial charge in [-0.2, -0.15) is 4.98 Å². The Hall–Kier alpha value is -2.30. The molecule has 0 radical (unpaired) electrons. The molecular weight excluding hydrogens is 340 g/mol. The van der Waals surface area contributed by atoms with E-state index in [4.69, 9.17) is 4.74 Å². The van der Waals surface area contributed by atoms with Crippen molar-refractivity contribution in [3.63, 3.8) is 0 Å². The van der Waals surface area contributed by atoms with Crippen molar-refractivity contribution in [2.75, 3.05) is 6.61 Å². The average Bonchev–Trinajstić information content (AvgIpc) is 2.67. The SMILES string of the molecule is CCCCCCCOc1ccc(-c2nc(O)c(C[C@@H](C)CC)c(=O)[nH]2)cc1. The Bertz CT molecular complexity index is 753. The normalized spacial score (nSPS) is 12.1. The average molecular weight is 373 g/mol. The molecule has 0 aliphatic rings. The van der Waals surface area contributed by atoms with E-state index in [0.717, 1.165) is 24.2 Å². The lowest BCUT2D eigenvalue weighted by Crippen LogP contribution is -2.17. The first-order chi connectivity index (χ1) is 13.0. The molecule has 2 rings (SSSR count). The number of nitrogens with one attached hydrogen (secondary N) is 1. The van der Waals surface area contributed by atoms with Gasteiger partial charge in [0.1, 0.15) is 11.6 Å².